The molecule has 0 aromatic heterocycles. The van der Waals surface area contributed by atoms with Gasteiger partial charge in [-0.25, -0.2) is 0 Å². The zero-order chi connectivity index (χ0) is 24.2. The van der Waals surface area contributed by atoms with Gasteiger partial charge in [0.2, 0.25) is 11.8 Å². The van der Waals surface area contributed by atoms with Gasteiger partial charge in [-0.15, -0.1) is 0 Å². The smallest absolute Gasteiger partial charge is 0.227 e. The maximum absolute atomic E-state index is 12.8. The van der Waals surface area contributed by atoms with E-state index in [2.05, 4.69) is 22.3 Å². The number of hydrogen-bond donors (Lipinski definition) is 1. The number of amides is 2. The van der Waals surface area contributed by atoms with E-state index in [0.717, 1.165) is 43.9 Å². The fourth-order valence-electron chi connectivity index (χ4n) is 5.06. The molecule has 1 N–H and O–H groups in total. The molecule has 0 aliphatic carbocycles. The van der Waals surface area contributed by atoms with Crippen molar-refractivity contribution < 1.29 is 23.8 Å². The summed E-state index contributed by atoms with van der Waals surface area (Å²) < 4.78 is 16.4. The second-order valence-corrected chi connectivity index (χ2v) is 9.55. The fourth-order valence-corrected chi connectivity index (χ4v) is 5.06. The van der Waals surface area contributed by atoms with Crippen molar-refractivity contribution in [2.75, 3.05) is 51.4 Å². The Labute approximate surface area is 206 Å². The number of piperidine rings is 1. The van der Waals surface area contributed by atoms with Crippen molar-refractivity contribution in [3.63, 3.8) is 0 Å². The molecule has 2 fully saturated rings. The predicted molar refractivity (Wildman–Crippen MR) is 132 cm³/mol. The van der Waals surface area contributed by atoms with E-state index in [9.17, 15) is 9.59 Å². The van der Waals surface area contributed by atoms with Crippen molar-refractivity contribution in [1.82, 2.24) is 10.2 Å². The summed E-state index contributed by atoms with van der Waals surface area (Å²) in [6.45, 7) is 5.06. The summed E-state index contributed by atoms with van der Waals surface area (Å²) in [5.74, 6) is 2.29. The summed E-state index contributed by atoms with van der Waals surface area (Å²) >= 11 is 0. The number of benzene rings is 2. The lowest BCUT2D eigenvalue weighted by Crippen LogP contribution is -2.40. The quantitative estimate of drug-likeness (QED) is 0.658. The molecule has 0 spiro atoms. The van der Waals surface area contributed by atoms with Crippen molar-refractivity contribution in [2.45, 2.75) is 25.8 Å². The van der Waals surface area contributed by atoms with Crippen molar-refractivity contribution in [1.29, 1.82) is 0 Å². The lowest BCUT2D eigenvalue weighted by atomic mass is 9.96. The van der Waals surface area contributed by atoms with E-state index in [-0.39, 0.29) is 24.2 Å². The van der Waals surface area contributed by atoms with Gasteiger partial charge in [-0.05, 0) is 61.7 Å². The first-order valence-electron chi connectivity index (χ1n) is 12.4. The summed E-state index contributed by atoms with van der Waals surface area (Å²) in [7, 11) is 1.68. The molecule has 1 unspecified atom stereocenters. The topological polar surface area (TPSA) is 80.3 Å². The number of rotatable bonds is 7. The van der Waals surface area contributed by atoms with E-state index in [4.69, 9.17) is 14.2 Å². The Morgan fingerprint density at radius 3 is 2.54 bits per heavy atom. The number of likely N-dealkylation sites (tertiary alicyclic amines) is 1. The summed E-state index contributed by atoms with van der Waals surface area (Å²) in [5, 5.41) is 3.12. The molecule has 3 heterocycles. The molecule has 2 aromatic rings. The van der Waals surface area contributed by atoms with Gasteiger partial charge in [-0.3, -0.25) is 14.5 Å². The van der Waals surface area contributed by atoms with Crippen LogP contribution < -0.4 is 24.4 Å². The summed E-state index contributed by atoms with van der Waals surface area (Å²) in [5.41, 5.74) is 2.03. The van der Waals surface area contributed by atoms with Crippen LogP contribution in [0.5, 0.6) is 17.2 Å². The standard InChI is InChI=1S/C27H33N3O5/c1-33-23-5-2-20(3-6-23)17-29-10-8-19(9-11-29)16-28-27(32)21-14-26(31)30(18-21)22-4-7-24-25(15-22)35-13-12-34-24/h2-7,15,19,21H,8-14,16-18H2,1H3,(H,28,32). The van der Waals surface area contributed by atoms with E-state index in [0.29, 0.717) is 43.7 Å². The van der Waals surface area contributed by atoms with Gasteiger partial charge in [0.1, 0.15) is 19.0 Å². The van der Waals surface area contributed by atoms with Crippen LogP contribution in [0.15, 0.2) is 42.5 Å². The first kappa shape index (κ1) is 23.5. The number of carbonyl (C=O) groups excluding carboxylic acids is 2. The second-order valence-electron chi connectivity index (χ2n) is 9.55. The van der Waals surface area contributed by atoms with Crippen LogP contribution in [-0.4, -0.2) is 63.2 Å². The second kappa shape index (κ2) is 10.6. The Bertz CT molecular complexity index is 1050. The third-order valence-electron chi connectivity index (χ3n) is 7.17. The molecule has 2 aromatic carbocycles. The molecule has 0 bridgehead atoms. The Balaban J connectivity index is 1.07. The largest absolute Gasteiger partial charge is 0.497 e. The molecule has 0 saturated carbocycles. The molecule has 8 heteroatoms. The van der Waals surface area contributed by atoms with Crippen LogP contribution in [0.4, 0.5) is 5.69 Å². The maximum Gasteiger partial charge on any atom is 0.227 e. The molecular weight excluding hydrogens is 446 g/mol. The Morgan fingerprint density at radius 2 is 1.80 bits per heavy atom. The van der Waals surface area contributed by atoms with Crippen molar-refractivity contribution in [2.24, 2.45) is 11.8 Å². The van der Waals surface area contributed by atoms with E-state index >= 15 is 0 Å². The molecular formula is C27H33N3O5. The average Bonchev–Trinajstić information content (AvgIpc) is 3.30. The van der Waals surface area contributed by atoms with Gasteiger partial charge in [0.05, 0.1) is 13.0 Å². The van der Waals surface area contributed by atoms with Crippen LogP contribution in [0.2, 0.25) is 0 Å². The summed E-state index contributed by atoms with van der Waals surface area (Å²) in [4.78, 5) is 29.6. The molecule has 35 heavy (non-hydrogen) atoms. The van der Waals surface area contributed by atoms with E-state index in [1.54, 1.807) is 12.0 Å². The Hall–Kier alpha value is -3.26. The van der Waals surface area contributed by atoms with Gasteiger partial charge in [0.15, 0.2) is 11.5 Å². The number of nitrogens with one attached hydrogen (secondary N) is 1. The highest BCUT2D eigenvalue weighted by molar-refractivity contribution is 6.00. The Kier molecular flexibility index (Phi) is 7.08. The van der Waals surface area contributed by atoms with E-state index < -0.39 is 0 Å². The fraction of sp³-hybridized carbons (Fsp3) is 0.481. The van der Waals surface area contributed by atoms with Gasteiger partial charge in [0, 0.05) is 37.8 Å². The third-order valence-corrected chi connectivity index (χ3v) is 7.17. The average molecular weight is 480 g/mol. The lowest BCUT2D eigenvalue weighted by molar-refractivity contribution is -0.126. The number of nitrogens with zero attached hydrogens (tertiary/aromatic N) is 2. The first-order valence-corrected chi connectivity index (χ1v) is 12.4. The van der Waals surface area contributed by atoms with Gasteiger partial charge < -0.3 is 24.4 Å². The lowest BCUT2D eigenvalue weighted by Gasteiger charge is -2.32. The number of methoxy groups -OCH3 is 1. The minimum absolute atomic E-state index is 0.0287. The van der Waals surface area contributed by atoms with Crippen LogP contribution >= 0.6 is 0 Å². The van der Waals surface area contributed by atoms with Crippen LogP contribution in [0.1, 0.15) is 24.8 Å². The number of anilines is 1. The Morgan fingerprint density at radius 1 is 1.06 bits per heavy atom. The van der Waals surface area contributed by atoms with Crippen molar-refractivity contribution >= 4 is 17.5 Å². The predicted octanol–water partition coefficient (Wildman–Crippen LogP) is 2.85. The minimum Gasteiger partial charge on any atom is -0.497 e. The van der Waals surface area contributed by atoms with Crippen LogP contribution in [0, 0.1) is 11.8 Å². The molecule has 3 aliphatic rings. The van der Waals surface area contributed by atoms with E-state index in [1.807, 2.05) is 30.3 Å². The first-order chi connectivity index (χ1) is 17.1. The number of ether oxygens (including phenoxy) is 3. The van der Waals surface area contributed by atoms with Crippen molar-refractivity contribution in [3.05, 3.63) is 48.0 Å². The highest BCUT2D eigenvalue weighted by Crippen LogP contribution is 2.36. The molecule has 3 aliphatic heterocycles. The number of hydrogen-bond acceptors (Lipinski definition) is 6. The molecule has 1 atom stereocenters. The number of carbonyl (C=O) groups is 2. The van der Waals surface area contributed by atoms with E-state index in [1.165, 1.54) is 5.56 Å². The van der Waals surface area contributed by atoms with Gasteiger partial charge in [0.25, 0.3) is 0 Å². The minimum atomic E-state index is -0.328. The maximum atomic E-state index is 12.8. The van der Waals surface area contributed by atoms with Gasteiger partial charge >= 0.3 is 0 Å². The normalized spacial score (nSPS) is 20.7. The van der Waals surface area contributed by atoms with Crippen LogP contribution in [0.3, 0.4) is 0 Å². The SMILES string of the molecule is COc1ccc(CN2CCC(CNC(=O)C3CC(=O)N(c4ccc5c(c4)OCCO5)C3)CC2)cc1. The summed E-state index contributed by atoms with van der Waals surface area (Å²) in [6, 6.07) is 13.7. The number of fused-ring (bicyclic) bond motifs is 1. The molecule has 2 saturated heterocycles. The van der Waals surface area contributed by atoms with Crippen LogP contribution in [-0.2, 0) is 16.1 Å². The molecule has 2 amide bonds. The van der Waals surface area contributed by atoms with Gasteiger partial charge in [-0.2, -0.15) is 0 Å². The summed E-state index contributed by atoms with van der Waals surface area (Å²) in [6.07, 6.45) is 2.35. The zero-order valence-corrected chi connectivity index (χ0v) is 20.2. The third kappa shape index (κ3) is 5.53. The molecule has 186 valence electrons. The van der Waals surface area contributed by atoms with Gasteiger partial charge in [-0.1, -0.05) is 12.1 Å². The highest BCUT2D eigenvalue weighted by Gasteiger charge is 2.36. The van der Waals surface area contributed by atoms with Crippen molar-refractivity contribution in [3.8, 4) is 17.2 Å². The zero-order valence-electron chi connectivity index (χ0n) is 20.2. The molecule has 8 nitrogen and oxygen atoms in total. The highest BCUT2D eigenvalue weighted by atomic mass is 16.6. The molecule has 5 rings (SSSR count). The van der Waals surface area contributed by atoms with Crippen LogP contribution in [0.25, 0.3) is 0 Å². The molecule has 0 radical (unpaired) electrons. The monoisotopic (exact) mass is 479 g/mol.